The summed E-state index contributed by atoms with van der Waals surface area (Å²) < 4.78 is 0. The van der Waals surface area contributed by atoms with Crippen molar-refractivity contribution in [2.45, 2.75) is 93.4 Å². The second-order valence-corrected chi connectivity index (χ2v) is 8.23. The van der Waals surface area contributed by atoms with E-state index in [-0.39, 0.29) is 10.8 Å². The fraction of sp³-hybridized carbons (Fsp3) is 0.944. The van der Waals surface area contributed by atoms with Gasteiger partial charge in [-0.3, -0.25) is 4.79 Å². The van der Waals surface area contributed by atoms with Crippen LogP contribution in [0.3, 0.4) is 0 Å². The van der Waals surface area contributed by atoms with Crippen LogP contribution in [-0.4, -0.2) is 11.1 Å². The molecule has 0 aromatic rings. The highest BCUT2D eigenvalue weighted by molar-refractivity contribution is 5.76. The SMILES string of the molecule is CCCCCCCCC(C(=O)O)(C(C)(C)C)C(C)(C)C. The fourth-order valence-corrected chi connectivity index (χ4v) is 3.79. The molecular weight excluding hydrogens is 248 g/mol. The smallest absolute Gasteiger partial charge is 0.310 e. The van der Waals surface area contributed by atoms with E-state index in [2.05, 4.69) is 48.5 Å². The molecule has 0 saturated heterocycles. The number of carboxylic acids is 1. The van der Waals surface area contributed by atoms with Crippen LogP contribution < -0.4 is 0 Å². The van der Waals surface area contributed by atoms with E-state index in [0.29, 0.717) is 0 Å². The Morgan fingerprint density at radius 1 is 0.800 bits per heavy atom. The average Bonchev–Trinajstić information content (AvgIpc) is 2.23. The van der Waals surface area contributed by atoms with Gasteiger partial charge in [-0.15, -0.1) is 0 Å². The summed E-state index contributed by atoms with van der Waals surface area (Å²) in [6, 6.07) is 0. The highest BCUT2D eigenvalue weighted by Crippen LogP contribution is 2.55. The molecule has 120 valence electrons. The Kier molecular flexibility index (Phi) is 7.27. The van der Waals surface area contributed by atoms with E-state index >= 15 is 0 Å². The van der Waals surface area contributed by atoms with Crippen molar-refractivity contribution in [1.82, 2.24) is 0 Å². The summed E-state index contributed by atoms with van der Waals surface area (Å²) in [5.41, 5.74) is -1.13. The molecule has 20 heavy (non-hydrogen) atoms. The monoisotopic (exact) mass is 284 g/mol. The van der Waals surface area contributed by atoms with E-state index in [9.17, 15) is 9.90 Å². The number of hydrogen-bond donors (Lipinski definition) is 1. The van der Waals surface area contributed by atoms with E-state index in [1.165, 1.54) is 25.7 Å². The number of unbranched alkanes of at least 4 members (excludes halogenated alkanes) is 5. The third-order valence-electron chi connectivity index (χ3n) is 4.83. The van der Waals surface area contributed by atoms with E-state index in [1.54, 1.807) is 0 Å². The molecule has 0 fully saturated rings. The van der Waals surface area contributed by atoms with Gasteiger partial charge in [-0.1, -0.05) is 87.0 Å². The maximum atomic E-state index is 12.1. The molecule has 0 saturated carbocycles. The molecule has 0 heterocycles. The molecule has 2 heteroatoms. The topological polar surface area (TPSA) is 37.3 Å². The van der Waals surface area contributed by atoms with Crippen molar-refractivity contribution in [2.75, 3.05) is 0 Å². The maximum absolute atomic E-state index is 12.1. The molecule has 0 aromatic carbocycles. The summed E-state index contributed by atoms with van der Waals surface area (Å²) in [5.74, 6) is -0.633. The van der Waals surface area contributed by atoms with Crippen LogP contribution in [0.5, 0.6) is 0 Å². The summed E-state index contributed by atoms with van der Waals surface area (Å²) in [5, 5.41) is 9.94. The van der Waals surface area contributed by atoms with Crippen molar-refractivity contribution in [3.8, 4) is 0 Å². The highest BCUT2D eigenvalue weighted by atomic mass is 16.4. The predicted molar refractivity (Wildman–Crippen MR) is 87.0 cm³/mol. The molecule has 0 unspecified atom stereocenters. The zero-order chi connectivity index (χ0) is 16.0. The minimum atomic E-state index is -0.662. The molecule has 1 N–H and O–H groups in total. The summed E-state index contributed by atoms with van der Waals surface area (Å²) in [6.07, 6.45) is 8.01. The molecule has 0 aliphatic carbocycles. The third-order valence-corrected chi connectivity index (χ3v) is 4.83. The van der Waals surface area contributed by atoms with Crippen LogP contribution >= 0.6 is 0 Å². The summed E-state index contributed by atoms with van der Waals surface area (Å²) in [4.78, 5) is 12.1. The standard InChI is InChI=1S/C18H36O2/c1-8-9-10-11-12-13-14-18(15(19)20,16(2,3)4)17(5,6)7/h8-14H2,1-7H3,(H,19,20). The lowest BCUT2D eigenvalue weighted by molar-refractivity contribution is -0.170. The van der Waals surface area contributed by atoms with Gasteiger partial charge in [0.25, 0.3) is 0 Å². The second kappa shape index (κ2) is 7.47. The Bertz CT molecular complexity index is 278. The van der Waals surface area contributed by atoms with E-state index in [1.807, 2.05) is 0 Å². The average molecular weight is 284 g/mol. The van der Waals surface area contributed by atoms with Crippen molar-refractivity contribution < 1.29 is 9.90 Å². The van der Waals surface area contributed by atoms with E-state index in [4.69, 9.17) is 0 Å². The molecule has 0 aliphatic rings. The molecule has 2 nitrogen and oxygen atoms in total. The maximum Gasteiger partial charge on any atom is 0.310 e. The Morgan fingerprint density at radius 3 is 1.55 bits per heavy atom. The van der Waals surface area contributed by atoms with Gasteiger partial charge in [0, 0.05) is 0 Å². The molecule has 0 rings (SSSR count). The fourth-order valence-electron chi connectivity index (χ4n) is 3.79. The lowest BCUT2D eigenvalue weighted by Crippen LogP contribution is -2.52. The molecule has 0 radical (unpaired) electrons. The molecule has 0 amide bonds. The Morgan fingerprint density at radius 2 is 1.20 bits per heavy atom. The number of rotatable bonds is 8. The summed E-state index contributed by atoms with van der Waals surface area (Å²) in [7, 11) is 0. The Hall–Kier alpha value is -0.530. The molecule has 0 atom stereocenters. The highest BCUT2D eigenvalue weighted by Gasteiger charge is 2.55. The van der Waals surface area contributed by atoms with Crippen LogP contribution in [0.2, 0.25) is 0 Å². The van der Waals surface area contributed by atoms with Crippen molar-refractivity contribution in [1.29, 1.82) is 0 Å². The quantitative estimate of drug-likeness (QED) is 0.563. The van der Waals surface area contributed by atoms with Gasteiger partial charge in [-0.05, 0) is 17.3 Å². The van der Waals surface area contributed by atoms with Crippen molar-refractivity contribution in [2.24, 2.45) is 16.2 Å². The van der Waals surface area contributed by atoms with Crippen LogP contribution in [0.1, 0.15) is 93.4 Å². The van der Waals surface area contributed by atoms with Crippen LogP contribution in [-0.2, 0) is 4.79 Å². The predicted octanol–water partition coefficient (Wildman–Crippen LogP) is 5.90. The number of hydrogen-bond acceptors (Lipinski definition) is 1. The van der Waals surface area contributed by atoms with Gasteiger partial charge >= 0.3 is 5.97 Å². The van der Waals surface area contributed by atoms with Crippen molar-refractivity contribution in [3.63, 3.8) is 0 Å². The zero-order valence-corrected chi connectivity index (χ0v) is 14.8. The Balaban J connectivity index is 4.85. The van der Waals surface area contributed by atoms with Crippen LogP contribution in [0, 0.1) is 16.2 Å². The van der Waals surface area contributed by atoms with E-state index in [0.717, 1.165) is 19.3 Å². The minimum Gasteiger partial charge on any atom is -0.481 e. The normalized spacial score (nSPS) is 13.6. The number of aliphatic carboxylic acids is 1. The Labute approximate surface area is 126 Å². The van der Waals surface area contributed by atoms with Gasteiger partial charge in [0.1, 0.15) is 0 Å². The molecule has 0 aromatic heterocycles. The first-order chi connectivity index (χ1) is 9.00. The second-order valence-electron chi connectivity index (χ2n) is 8.23. The molecule has 0 spiro atoms. The van der Waals surface area contributed by atoms with Gasteiger partial charge in [0.15, 0.2) is 0 Å². The molecular formula is C18H36O2. The van der Waals surface area contributed by atoms with Crippen LogP contribution in [0.4, 0.5) is 0 Å². The summed E-state index contributed by atoms with van der Waals surface area (Å²) >= 11 is 0. The van der Waals surface area contributed by atoms with Gasteiger partial charge < -0.3 is 5.11 Å². The summed E-state index contributed by atoms with van der Waals surface area (Å²) in [6.45, 7) is 14.7. The zero-order valence-electron chi connectivity index (χ0n) is 14.8. The first-order valence-electron chi connectivity index (χ1n) is 8.24. The lowest BCUT2D eigenvalue weighted by atomic mass is 9.52. The largest absolute Gasteiger partial charge is 0.481 e. The van der Waals surface area contributed by atoms with Gasteiger partial charge in [-0.25, -0.2) is 0 Å². The first-order valence-corrected chi connectivity index (χ1v) is 8.24. The third kappa shape index (κ3) is 4.49. The number of carboxylic acid groups (broad SMARTS) is 1. The van der Waals surface area contributed by atoms with Crippen molar-refractivity contribution >= 4 is 5.97 Å². The first kappa shape index (κ1) is 19.5. The van der Waals surface area contributed by atoms with Crippen LogP contribution in [0.25, 0.3) is 0 Å². The van der Waals surface area contributed by atoms with E-state index < -0.39 is 11.4 Å². The van der Waals surface area contributed by atoms with Crippen molar-refractivity contribution in [3.05, 3.63) is 0 Å². The van der Waals surface area contributed by atoms with Crippen LogP contribution in [0.15, 0.2) is 0 Å². The number of carbonyl (C=O) groups is 1. The van der Waals surface area contributed by atoms with Gasteiger partial charge in [-0.2, -0.15) is 0 Å². The molecule has 0 bridgehead atoms. The van der Waals surface area contributed by atoms with Gasteiger partial charge in [0.05, 0.1) is 5.41 Å². The lowest BCUT2D eigenvalue weighted by Gasteiger charge is -2.50. The molecule has 0 aliphatic heterocycles. The van der Waals surface area contributed by atoms with Gasteiger partial charge in [0.2, 0.25) is 0 Å². The minimum absolute atomic E-state index is 0.236.